The summed E-state index contributed by atoms with van der Waals surface area (Å²) in [5.41, 5.74) is 2.03. The summed E-state index contributed by atoms with van der Waals surface area (Å²) in [5.74, 6) is -1.79. The maximum atomic E-state index is 12.4. The molecule has 126 valence electrons. The van der Waals surface area contributed by atoms with E-state index in [0.717, 1.165) is 11.1 Å². The van der Waals surface area contributed by atoms with Gasteiger partial charge in [-0.25, -0.2) is 0 Å². The van der Waals surface area contributed by atoms with Gasteiger partial charge in [-0.15, -0.1) is 0 Å². The van der Waals surface area contributed by atoms with Crippen LogP contribution in [0.1, 0.15) is 17.5 Å². The number of nitrogens with zero attached hydrogens (tertiary/aromatic N) is 1. The molecule has 1 aromatic carbocycles. The van der Waals surface area contributed by atoms with Crippen molar-refractivity contribution in [2.24, 2.45) is 0 Å². The average molecular weight is 364 g/mol. The number of nitrogens with one attached hydrogen (secondary N) is 1. The second-order valence-electron chi connectivity index (χ2n) is 5.16. The van der Waals surface area contributed by atoms with Crippen molar-refractivity contribution in [3.63, 3.8) is 0 Å². The van der Waals surface area contributed by atoms with Crippen LogP contribution in [0.3, 0.4) is 0 Å². The number of benzene rings is 1. The van der Waals surface area contributed by atoms with Crippen LogP contribution in [0, 0.1) is 6.92 Å². The first-order valence-corrected chi connectivity index (χ1v) is 8.40. The van der Waals surface area contributed by atoms with Crippen LogP contribution in [-0.4, -0.2) is 45.2 Å². The second kappa shape index (κ2) is 8.07. The Labute approximate surface area is 148 Å². The first-order valence-electron chi connectivity index (χ1n) is 7.17. The molecule has 8 heteroatoms. The minimum Gasteiger partial charge on any atom is -0.480 e. The molecule has 2 N–H and O–H groups in total. The molecule has 0 spiro atoms. The van der Waals surface area contributed by atoms with Gasteiger partial charge in [0.05, 0.1) is 4.91 Å². The quantitative estimate of drug-likeness (QED) is 0.591. The zero-order valence-corrected chi connectivity index (χ0v) is 14.6. The first kappa shape index (κ1) is 18.2. The predicted molar refractivity (Wildman–Crippen MR) is 96.3 cm³/mol. The largest absolute Gasteiger partial charge is 0.480 e. The highest BCUT2D eigenvalue weighted by Gasteiger charge is 2.32. The van der Waals surface area contributed by atoms with Gasteiger partial charge in [0.2, 0.25) is 5.91 Å². The number of carbonyl (C=O) groups excluding carboxylic acids is 2. The summed E-state index contributed by atoms with van der Waals surface area (Å²) in [5, 5.41) is 10.8. The van der Waals surface area contributed by atoms with Gasteiger partial charge < -0.3 is 10.4 Å². The molecule has 1 heterocycles. The fourth-order valence-electron chi connectivity index (χ4n) is 1.98. The van der Waals surface area contributed by atoms with Crippen LogP contribution in [-0.2, 0) is 14.4 Å². The van der Waals surface area contributed by atoms with Crippen molar-refractivity contribution in [1.82, 2.24) is 10.2 Å². The van der Waals surface area contributed by atoms with Crippen molar-refractivity contribution in [2.75, 3.05) is 13.1 Å². The van der Waals surface area contributed by atoms with Crippen LogP contribution >= 0.6 is 24.0 Å². The minimum atomic E-state index is -1.12. The number of hydrogen-bond donors (Lipinski definition) is 2. The third kappa shape index (κ3) is 4.90. The highest BCUT2D eigenvalue weighted by Crippen LogP contribution is 2.32. The standard InChI is InChI=1S/C16H16N2O4S2/c1-10-2-4-11(5-3-10)8-12-15(22)18(16(23)24-12)7-6-13(19)17-9-14(20)21/h2-5,8H,6-7,9H2,1H3,(H,17,19)(H,20,21)/b12-8-. The third-order valence-electron chi connectivity index (χ3n) is 3.25. The van der Waals surface area contributed by atoms with Crippen LogP contribution in [0.4, 0.5) is 0 Å². The lowest BCUT2D eigenvalue weighted by Gasteiger charge is -2.13. The number of carbonyl (C=O) groups is 3. The topological polar surface area (TPSA) is 86.7 Å². The molecule has 0 aliphatic carbocycles. The molecule has 0 atom stereocenters. The Hall–Kier alpha value is -2.19. The number of aliphatic carboxylic acids is 1. The Balaban J connectivity index is 1.97. The summed E-state index contributed by atoms with van der Waals surface area (Å²) in [4.78, 5) is 36.2. The molecule has 0 bridgehead atoms. The second-order valence-corrected chi connectivity index (χ2v) is 6.84. The van der Waals surface area contributed by atoms with Crippen molar-refractivity contribution >= 4 is 52.2 Å². The van der Waals surface area contributed by atoms with E-state index in [1.54, 1.807) is 6.08 Å². The molecule has 0 unspecified atom stereocenters. The molecule has 1 aliphatic rings. The van der Waals surface area contributed by atoms with Crippen molar-refractivity contribution < 1.29 is 19.5 Å². The highest BCUT2D eigenvalue weighted by atomic mass is 32.2. The maximum Gasteiger partial charge on any atom is 0.322 e. The zero-order valence-electron chi connectivity index (χ0n) is 12.9. The van der Waals surface area contributed by atoms with E-state index >= 15 is 0 Å². The molecule has 1 aromatic rings. The lowest BCUT2D eigenvalue weighted by Crippen LogP contribution is -2.35. The number of carboxylic acid groups (broad SMARTS) is 1. The fraction of sp³-hybridized carbons (Fsp3) is 0.250. The highest BCUT2D eigenvalue weighted by molar-refractivity contribution is 8.26. The smallest absolute Gasteiger partial charge is 0.322 e. The zero-order chi connectivity index (χ0) is 17.7. The number of carboxylic acids is 1. The molecule has 1 saturated heterocycles. The number of amides is 2. The van der Waals surface area contributed by atoms with E-state index in [-0.39, 0.29) is 18.9 Å². The molecule has 2 amide bonds. The van der Waals surface area contributed by atoms with Crippen molar-refractivity contribution in [1.29, 1.82) is 0 Å². The van der Waals surface area contributed by atoms with Crippen molar-refractivity contribution in [3.05, 3.63) is 40.3 Å². The molecular weight excluding hydrogens is 348 g/mol. The van der Waals surface area contributed by atoms with E-state index in [9.17, 15) is 14.4 Å². The molecule has 0 radical (unpaired) electrons. The van der Waals surface area contributed by atoms with Crippen LogP contribution in [0.5, 0.6) is 0 Å². The normalized spacial score (nSPS) is 15.9. The number of thioether (sulfide) groups is 1. The lowest BCUT2D eigenvalue weighted by atomic mass is 10.1. The Morgan fingerprint density at radius 1 is 1.33 bits per heavy atom. The van der Waals surface area contributed by atoms with Gasteiger partial charge in [0, 0.05) is 13.0 Å². The molecule has 1 fully saturated rings. The number of thiocarbonyl (C=S) groups is 1. The van der Waals surface area contributed by atoms with Crippen LogP contribution in [0.25, 0.3) is 6.08 Å². The number of rotatable bonds is 6. The monoisotopic (exact) mass is 364 g/mol. The Morgan fingerprint density at radius 3 is 2.62 bits per heavy atom. The summed E-state index contributed by atoms with van der Waals surface area (Å²) in [7, 11) is 0. The van der Waals surface area contributed by atoms with Crippen molar-refractivity contribution in [2.45, 2.75) is 13.3 Å². The van der Waals surface area contributed by atoms with E-state index in [1.807, 2.05) is 31.2 Å². The van der Waals surface area contributed by atoms with E-state index < -0.39 is 18.4 Å². The summed E-state index contributed by atoms with van der Waals surface area (Å²) >= 11 is 6.39. The van der Waals surface area contributed by atoms with Gasteiger partial charge >= 0.3 is 5.97 Å². The van der Waals surface area contributed by atoms with Gasteiger partial charge in [0.15, 0.2) is 0 Å². The Bertz CT molecular complexity index is 713. The molecule has 1 aliphatic heterocycles. The SMILES string of the molecule is Cc1ccc(/C=C2\SC(=S)N(CCC(=O)NCC(=O)O)C2=O)cc1. The molecule has 6 nitrogen and oxygen atoms in total. The molecule has 2 rings (SSSR count). The first-order chi connectivity index (χ1) is 11.4. The van der Waals surface area contributed by atoms with Gasteiger partial charge in [-0.2, -0.15) is 0 Å². The molecule has 24 heavy (non-hydrogen) atoms. The Kier molecular flexibility index (Phi) is 6.10. The van der Waals surface area contributed by atoms with E-state index in [1.165, 1.54) is 16.7 Å². The summed E-state index contributed by atoms with van der Waals surface area (Å²) < 4.78 is 0.393. The van der Waals surface area contributed by atoms with Gasteiger partial charge in [-0.1, -0.05) is 53.8 Å². The number of hydrogen-bond acceptors (Lipinski definition) is 5. The van der Waals surface area contributed by atoms with Crippen LogP contribution in [0.15, 0.2) is 29.2 Å². The summed E-state index contributed by atoms with van der Waals surface area (Å²) in [6, 6.07) is 7.75. The van der Waals surface area contributed by atoms with Crippen LogP contribution < -0.4 is 5.32 Å². The van der Waals surface area contributed by atoms with E-state index in [4.69, 9.17) is 17.3 Å². The predicted octanol–water partition coefficient (Wildman–Crippen LogP) is 1.79. The lowest BCUT2D eigenvalue weighted by molar-refractivity contribution is -0.138. The number of aryl methyl sites for hydroxylation is 1. The maximum absolute atomic E-state index is 12.4. The summed E-state index contributed by atoms with van der Waals surface area (Å²) in [6.07, 6.45) is 1.76. The fourth-order valence-corrected chi connectivity index (χ4v) is 3.29. The van der Waals surface area contributed by atoms with E-state index in [0.29, 0.717) is 9.23 Å². The minimum absolute atomic E-state index is 0.00245. The summed E-state index contributed by atoms with van der Waals surface area (Å²) in [6.45, 7) is 1.67. The third-order valence-corrected chi connectivity index (χ3v) is 4.63. The molecule has 0 saturated carbocycles. The van der Waals surface area contributed by atoms with Crippen molar-refractivity contribution in [3.8, 4) is 0 Å². The average Bonchev–Trinajstić information content (AvgIpc) is 2.79. The Morgan fingerprint density at radius 2 is 2.00 bits per heavy atom. The van der Waals surface area contributed by atoms with Crippen LogP contribution in [0.2, 0.25) is 0 Å². The van der Waals surface area contributed by atoms with Gasteiger partial charge in [-0.05, 0) is 18.6 Å². The van der Waals surface area contributed by atoms with E-state index in [2.05, 4.69) is 5.32 Å². The molecular formula is C16H16N2O4S2. The molecule has 0 aromatic heterocycles. The van der Waals surface area contributed by atoms with Gasteiger partial charge in [0.1, 0.15) is 10.9 Å². The van der Waals surface area contributed by atoms with Gasteiger partial charge in [-0.3, -0.25) is 19.3 Å². The van der Waals surface area contributed by atoms with Gasteiger partial charge in [0.25, 0.3) is 5.91 Å².